The molecule has 3 N–H and O–H groups in total. The molecule has 11 nitrogen and oxygen atoms in total. The number of rotatable bonds is 9. The molecule has 40 heavy (non-hydrogen) atoms. The molecule has 0 saturated carbocycles. The van der Waals surface area contributed by atoms with Gasteiger partial charge in [-0.2, -0.15) is 0 Å². The Balaban J connectivity index is 1.43. The number of ether oxygens (including phenoxy) is 3. The maximum atomic E-state index is 13.7. The fraction of sp³-hybridized carbons (Fsp3) is 0.296. The van der Waals surface area contributed by atoms with Crippen LogP contribution in [-0.4, -0.2) is 61.5 Å². The smallest absolute Gasteiger partial charge is 0.227 e. The van der Waals surface area contributed by atoms with E-state index in [9.17, 15) is 12.8 Å². The standard InChI is InChI=1S/C27H29FN6O5S/c1-27(14-30-40(3,35)36)15-38-25(39-16-27)24-33-22(17-7-9-18(28)10-8-17)23(34-24)21-11-12-29-26(32-21)31-19-5-4-6-20(13-19)37-2/h4-13,25,30H,14-16H2,1-3H3,(H,33,34)(H,29,31,32). The molecule has 13 heteroatoms. The van der Waals surface area contributed by atoms with Crippen molar-refractivity contribution in [2.45, 2.75) is 13.2 Å². The van der Waals surface area contributed by atoms with Crippen LogP contribution >= 0.6 is 0 Å². The van der Waals surface area contributed by atoms with Gasteiger partial charge >= 0.3 is 0 Å². The quantitative estimate of drug-likeness (QED) is 0.273. The Labute approximate surface area is 231 Å². The van der Waals surface area contributed by atoms with E-state index in [0.29, 0.717) is 40.2 Å². The third-order valence-electron chi connectivity index (χ3n) is 6.23. The van der Waals surface area contributed by atoms with Gasteiger partial charge in [0.2, 0.25) is 22.3 Å². The van der Waals surface area contributed by atoms with Crippen molar-refractivity contribution in [3.63, 3.8) is 0 Å². The number of nitrogens with one attached hydrogen (secondary N) is 3. The summed E-state index contributed by atoms with van der Waals surface area (Å²) in [6, 6.07) is 15.1. The Morgan fingerprint density at radius 3 is 2.58 bits per heavy atom. The topological polar surface area (TPSA) is 140 Å². The van der Waals surface area contributed by atoms with Crippen molar-refractivity contribution in [1.82, 2.24) is 24.7 Å². The highest BCUT2D eigenvalue weighted by atomic mass is 32.2. The van der Waals surface area contributed by atoms with Crippen molar-refractivity contribution < 1.29 is 27.0 Å². The van der Waals surface area contributed by atoms with Gasteiger partial charge in [0.15, 0.2) is 5.82 Å². The van der Waals surface area contributed by atoms with E-state index in [1.807, 2.05) is 31.2 Å². The Morgan fingerprint density at radius 2 is 1.88 bits per heavy atom. The molecule has 4 aromatic rings. The average Bonchev–Trinajstić information content (AvgIpc) is 3.38. The zero-order valence-corrected chi connectivity index (χ0v) is 23.0. The van der Waals surface area contributed by atoms with Crippen LogP contribution in [0, 0.1) is 11.2 Å². The Morgan fingerprint density at radius 1 is 1.12 bits per heavy atom. The van der Waals surface area contributed by atoms with E-state index in [-0.39, 0.29) is 25.6 Å². The van der Waals surface area contributed by atoms with Gasteiger partial charge < -0.3 is 24.5 Å². The molecule has 0 spiro atoms. The molecule has 0 atom stereocenters. The van der Waals surface area contributed by atoms with Gasteiger partial charge in [-0.05, 0) is 42.5 Å². The summed E-state index contributed by atoms with van der Waals surface area (Å²) in [6.07, 6.45) is 1.90. The van der Waals surface area contributed by atoms with Crippen molar-refractivity contribution in [1.29, 1.82) is 0 Å². The lowest BCUT2D eigenvalue weighted by Crippen LogP contribution is -2.45. The number of halogens is 1. The minimum atomic E-state index is -3.35. The van der Waals surface area contributed by atoms with E-state index in [4.69, 9.17) is 19.2 Å². The first-order valence-electron chi connectivity index (χ1n) is 12.4. The molecule has 210 valence electrons. The first kappa shape index (κ1) is 27.6. The predicted octanol–water partition coefficient (Wildman–Crippen LogP) is 4.03. The summed E-state index contributed by atoms with van der Waals surface area (Å²) in [5.74, 6) is 1.07. The van der Waals surface area contributed by atoms with E-state index in [2.05, 4.69) is 25.0 Å². The van der Waals surface area contributed by atoms with E-state index >= 15 is 0 Å². The molecular weight excluding hydrogens is 539 g/mol. The van der Waals surface area contributed by atoms with Crippen molar-refractivity contribution in [3.8, 4) is 28.4 Å². The van der Waals surface area contributed by atoms with E-state index in [1.165, 1.54) is 12.1 Å². The number of hydrogen-bond acceptors (Lipinski definition) is 9. The number of sulfonamides is 1. The van der Waals surface area contributed by atoms with Gasteiger partial charge in [-0.3, -0.25) is 0 Å². The van der Waals surface area contributed by atoms with E-state index < -0.39 is 21.7 Å². The van der Waals surface area contributed by atoms with Crippen LogP contribution in [0.3, 0.4) is 0 Å². The molecule has 1 aliphatic heterocycles. The summed E-state index contributed by atoms with van der Waals surface area (Å²) in [6.45, 7) is 2.53. The zero-order valence-electron chi connectivity index (χ0n) is 22.1. The lowest BCUT2D eigenvalue weighted by Gasteiger charge is -2.36. The average molecular weight is 569 g/mol. The number of anilines is 2. The summed E-state index contributed by atoms with van der Waals surface area (Å²) in [4.78, 5) is 17.0. The Kier molecular flexibility index (Phi) is 7.81. The van der Waals surface area contributed by atoms with E-state index in [1.54, 1.807) is 31.5 Å². The minimum absolute atomic E-state index is 0.173. The zero-order chi connectivity index (χ0) is 28.3. The van der Waals surface area contributed by atoms with Crippen molar-refractivity contribution in [2.24, 2.45) is 5.41 Å². The van der Waals surface area contributed by atoms with Gasteiger partial charge in [0.25, 0.3) is 0 Å². The Bertz CT molecular complexity index is 1590. The number of hydrogen-bond donors (Lipinski definition) is 3. The monoisotopic (exact) mass is 568 g/mol. The van der Waals surface area contributed by atoms with Crippen LogP contribution in [-0.2, 0) is 19.5 Å². The number of nitrogens with zero attached hydrogens (tertiary/aromatic N) is 3. The van der Waals surface area contributed by atoms with Gasteiger partial charge in [0.1, 0.15) is 11.6 Å². The van der Waals surface area contributed by atoms with Crippen LogP contribution in [0.15, 0.2) is 60.8 Å². The third kappa shape index (κ3) is 6.62. The number of imidazole rings is 1. The molecule has 1 fully saturated rings. The molecule has 3 heterocycles. The van der Waals surface area contributed by atoms with Crippen LogP contribution in [0.25, 0.3) is 22.6 Å². The van der Waals surface area contributed by atoms with Crippen LogP contribution in [0.4, 0.5) is 16.0 Å². The van der Waals surface area contributed by atoms with Crippen LogP contribution in [0.2, 0.25) is 0 Å². The first-order valence-corrected chi connectivity index (χ1v) is 14.3. The van der Waals surface area contributed by atoms with Crippen molar-refractivity contribution >= 4 is 21.7 Å². The minimum Gasteiger partial charge on any atom is -0.497 e. The van der Waals surface area contributed by atoms with Crippen molar-refractivity contribution in [3.05, 3.63) is 72.4 Å². The second-order valence-corrected chi connectivity index (χ2v) is 11.7. The fourth-order valence-corrected chi connectivity index (χ4v) is 4.71. The first-order chi connectivity index (χ1) is 19.1. The number of aromatic nitrogens is 4. The summed E-state index contributed by atoms with van der Waals surface area (Å²) in [5, 5.41) is 3.17. The molecule has 2 aromatic carbocycles. The molecule has 5 rings (SSSR count). The highest BCUT2D eigenvalue weighted by Crippen LogP contribution is 2.35. The number of aromatic amines is 1. The molecule has 0 bridgehead atoms. The van der Waals surface area contributed by atoms with Crippen LogP contribution < -0.4 is 14.8 Å². The molecule has 0 radical (unpaired) electrons. The highest BCUT2D eigenvalue weighted by Gasteiger charge is 2.35. The maximum Gasteiger partial charge on any atom is 0.227 e. The van der Waals surface area contributed by atoms with Crippen molar-refractivity contribution in [2.75, 3.05) is 38.4 Å². The molecule has 2 aromatic heterocycles. The van der Waals surface area contributed by atoms with Gasteiger partial charge in [0, 0.05) is 35.5 Å². The lowest BCUT2D eigenvalue weighted by molar-refractivity contribution is -0.231. The molecule has 1 saturated heterocycles. The molecular formula is C27H29FN6O5S. The van der Waals surface area contributed by atoms with Gasteiger partial charge in [-0.15, -0.1) is 0 Å². The largest absolute Gasteiger partial charge is 0.497 e. The molecule has 0 amide bonds. The van der Waals surface area contributed by atoms with Gasteiger partial charge in [-0.25, -0.2) is 32.5 Å². The SMILES string of the molecule is COc1cccc(Nc2nccc(-c3[nH]c(C4OCC(C)(CNS(C)(=O)=O)CO4)nc3-c3ccc(F)cc3)n2)c1. The molecule has 0 aliphatic carbocycles. The van der Waals surface area contributed by atoms with E-state index in [0.717, 1.165) is 11.9 Å². The van der Waals surface area contributed by atoms with Crippen LogP contribution in [0.1, 0.15) is 19.0 Å². The number of methoxy groups -OCH3 is 1. The predicted molar refractivity (Wildman–Crippen MR) is 147 cm³/mol. The highest BCUT2D eigenvalue weighted by molar-refractivity contribution is 7.88. The fourth-order valence-electron chi connectivity index (χ4n) is 4.10. The lowest BCUT2D eigenvalue weighted by atomic mass is 9.92. The molecule has 1 aliphatic rings. The normalized spacial score (nSPS) is 19.4. The second kappa shape index (κ2) is 11.3. The van der Waals surface area contributed by atoms with Crippen LogP contribution in [0.5, 0.6) is 5.75 Å². The van der Waals surface area contributed by atoms with Gasteiger partial charge in [0.05, 0.1) is 43.7 Å². The number of benzene rings is 2. The number of H-pyrrole nitrogens is 1. The molecule has 0 unspecified atom stereocenters. The second-order valence-electron chi connectivity index (χ2n) is 9.83. The maximum absolute atomic E-state index is 13.7. The summed E-state index contributed by atoms with van der Waals surface area (Å²) < 4.78 is 56.5. The summed E-state index contributed by atoms with van der Waals surface area (Å²) in [5.41, 5.74) is 2.49. The Hall–Kier alpha value is -3.91. The third-order valence-corrected chi connectivity index (χ3v) is 6.90. The summed E-state index contributed by atoms with van der Waals surface area (Å²) >= 11 is 0. The van der Waals surface area contributed by atoms with Gasteiger partial charge in [-0.1, -0.05) is 13.0 Å². The summed E-state index contributed by atoms with van der Waals surface area (Å²) in [7, 11) is -1.76.